The predicted molar refractivity (Wildman–Crippen MR) is 94.8 cm³/mol. The van der Waals surface area contributed by atoms with Crippen molar-refractivity contribution < 1.29 is 19.1 Å². The normalized spacial score (nSPS) is 10.0. The van der Waals surface area contributed by atoms with Crippen LogP contribution in [0.3, 0.4) is 0 Å². The molecule has 0 radical (unpaired) electrons. The van der Waals surface area contributed by atoms with Crippen molar-refractivity contribution in [2.45, 2.75) is 13.3 Å². The van der Waals surface area contributed by atoms with Crippen molar-refractivity contribution in [3.05, 3.63) is 59.1 Å². The molecule has 0 unspecified atom stereocenters. The van der Waals surface area contributed by atoms with Gasteiger partial charge in [0.1, 0.15) is 11.5 Å². The number of carbonyl (C=O) groups excluding carboxylic acids is 2. The molecule has 6 nitrogen and oxygen atoms in total. The number of para-hydroxylation sites is 1. The lowest BCUT2D eigenvalue weighted by Gasteiger charge is -2.10. The third-order valence-corrected chi connectivity index (χ3v) is 3.39. The Morgan fingerprint density at radius 1 is 1.04 bits per heavy atom. The van der Waals surface area contributed by atoms with Crippen LogP contribution in [0, 0.1) is 0 Å². The van der Waals surface area contributed by atoms with Gasteiger partial charge in [-0.25, -0.2) is 0 Å². The van der Waals surface area contributed by atoms with Crippen molar-refractivity contribution in [3.8, 4) is 11.5 Å². The third kappa shape index (κ3) is 6.00. The number of nitrogens with one attached hydrogen (secondary N) is 2. The Bertz CT molecular complexity index is 737. The first-order valence-corrected chi connectivity index (χ1v) is 8.17. The van der Waals surface area contributed by atoms with Crippen LogP contribution in [0.2, 0.25) is 5.02 Å². The van der Waals surface area contributed by atoms with Crippen molar-refractivity contribution >= 4 is 23.4 Å². The minimum Gasteiger partial charge on any atom is -0.494 e. The summed E-state index contributed by atoms with van der Waals surface area (Å²) in [4.78, 5) is 23.8. The highest BCUT2D eigenvalue weighted by atomic mass is 35.5. The number of rotatable bonds is 7. The SMILES string of the molecule is CCCOc1cccc(C(=O)NNC(=O)COc2ccccc2Cl)c1. The molecular formula is C18H19ClN2O4. The fourth-order valence-electron chi connectivity index (χ4n) is 1.89. The van der Waals surface area contributed by atoms with E-state index in [0.29, 0.717) is 28.7 Å². The monoisotopic (exact) mass is 362 g/mol. The lowest BCUT2D eigenvalue weighted by atomic mass is 10.2. The zero-order valence-corrected chi connectivity index (χ0v) is 14.5. The molecule has 0 aliphatic carbocycles. The zero-order valence-electron chi connectivity index (χ0n) is 13.8. The number of ether oxygens (including phenoxy) is 2. The summed E-state index contributed by atoms with van der Waals surface area (Å²) < 4.78 is 10.8. The van der Waals surface area contributed by atoms with Gasteiger partial charge >= 0.3 is 0 Å². The maximum atomic E-state index is 12.1. The van der Waals surface area contributed by atoms with E-state index in [0.717, 1.165) is 6.42 Å². The van der Waals surface area contributed by atoms with Crippen LogP contribution < -0.4 is 20.3 Å². The van der Waals surface area contributed by atoms with E-state index in [9.17, 15) is 9.59 Å². The van der Waals surface area contributed by atoms with Crippen molar-refractivity contribution in [1.82, 2.24) is 10.9 Å². The maximum absolute atomic E-state index is 12.1. The first-order valence-electron chi connectivity index (χ1n) is 7.79. The van der Waals surface area contributed by atoms with E-state index in [1.807, 2.05) is 6.92 Å². The quantitative estimate of drug-likeness (QED) is 0.742. The lowest BCUT2D eigenvalue weighted by molar-refractivity contribution is -0.123. The van der Waals surface area contributed by atoms with Gasteiger partial charge in [-0.05, 0) is 36.8 Å². The van der Waals surface area contributed by atoms with Crippen LogP contribution in [0.15, 0.2) is 48.5 Å². The van der Waals surface area contributed by atoms with Crippen LogP contribution in [0.25, 0.3) is 0 Å². The molecule has 0 bridgehead atoms. The molecule has 0 saturated heterocycles. The Labute approximate surface area is 151 Å². The summed E-state index contributed by atoms with van der Waals surface area (Å²) in [5, 5.41) is 0.406. The molecule has 0 aromatic heterocycles. The molecule has 2 rings (SSSR count). The second-order valence-electron chi connectivity index (χ2n) is 5.10. The second kappa shape index (κ2) is 9.54. The number of hydrazine groups is 1. The van der Waals surface area contributed by atoms with E-state index in [-0.39, 0.29) is 6.61 Å². The Kier molecular flexibility index (Phi) is 7.10. The van der Waals surface area contributed by atoms with Gasteiger partial charge in [-0.1, -0.05) is 36.7 Å². The first-order chi connectivity index (χ1) is 12.1. The Morgan fingerprint density at radius 2 is 1.84 bits per heavy atom. The van der Waals surface area contributed by atoms with Crippen LogP contribution >= 0.6 is 11.6 Å². The fourth-order valence-corrected chi connectivity index (χ4v) is 2.08. The highest BCUT2D eigenvalue weighted by molar-refractivity contribution is 6.32. The molecule has 0 atom stereocenters. The molecule has 2 aromatic carbocycles. The minimum atomic E-state index is -0.508. The summed E-state index contributed by atoms with van der Waals surface area (Å²) in [6.07, 6.45) is 0.873. The number of carbonyl (C=O) groups is 2. The molecule has 2 aromatic rings. The van der Waals surface area contributed by atoms with Gasteiger partial charge in [0.25, 0.3) is 11.8 Å². The van der Waals surface area contributed by atoms with E-state index in [1.165, 1.54) is 0 Å². The maximum Gasteiger partial charge on any atom is 0.276 e. The van der Waals surface area contributed by atoms with Gasteiger partial charge in [0.05, 0.1) is 11.6 Å². The summed E-state index contributed by atoms with van der Waals surface area (Å²) >= 11 is 5.93. The third-order valence-electron chi connectivity index (χ3n) is 3.08. The van der Waals surface area contributed by atoms with Gasteiger partial charge < -0.3 is 9.47 Å². The Morgan fingerprint density at radius 3 is 2.60 bits per heavy atom. The molecular weight excluding hydrogens is 344 g/mol. The standard InChI is InChI=1S/C18H19ClN2O4/c1-2-10-24-14-7-5-6-13(11-14)18(23)21-20-17(22)12-25-16-9-4-3-8-15(16)19/h3-9,11H,2,10,12H2,1H3,(H,20,22)(H,21,23). The largest absolute Gasteiger partial charge is 0.494 e. The molecule has 0 saturated carbocycles. The number of amides is 2. The first kappa shape index (κ1) is 18.6. The van der Waals surface area contributed by atoms with Crippen LogP contribution in [0.1, 0.15) is 23.7 Å². The van der Waals surface area contributed by atoms with Crippen molar-refractivity contribution in [2.24, 2.45) is 0 Å². The van der Waals surface area contributed by atoms with Gasteiger partial charge in [0, 0.05) is 5.56 Å². The summed E-state index contributed by atoms with van der Waals surface area (Å²) in [7, 11) is 0. The highest BCUT2D eigenvalue weighted by Gasteiger charge is 2.09. The average Bonchev–Trinajstić information content (AvgIpc) is 2.64. The molecule has 2 N–H and O–H groups in total. The van der Waals surface area contributed by atoms with E-state index in [1.54, 1.807) is 48.5 Å². The van der Waals surface area contributed by atoms with Crippen molar-refractivity contribution in [2.75, 3.05) is 13.2 Å². The summed E-state index contributed by atoms with van der Waals surface area (Å²) in [6, 6.07) is 13.5. The molecule has 0 spiro atoms. The highest BCUT2D eigenvalue weighted by Crippen LogP contribution is 2.22. The van der Waals surface area contributed by atoms with Crippen molar-refractivity contribution in [3.63, 3.8) is 0 Å². The minimum absolute atomic E-state index is 0.274. The fraction of sp³-hybridized carbons (Fsp3) is 0.222. The molecule has 2 amide bonds. The van der Waals surface area contributed by atoms with E-state index < -0.39 is 11.8 Å². The number of hydrogen-bond donors (Lipinski definition) is 2. The van der Waals surface area contributed by atoms with E-state index >= 15 is 0 Å². The van der Waals surface area contributed by atoms with Gasteiger partial charge in [0.2, 0.25) is 0 Å². The molecule has 0 aliphatic heterocycles. The Balaban J connectivity index is 1.81. The molecule has 0 heterocycles. The lowest BCUT2D eigenvalue weighted by Crippen LogP contribution is -2.43. The topological polar surface area (TPSA) is 76.7 Å². The molecule has 25 heavy (non-hydrogen) atoms. The summed E-state index contributed by atoms with van der Waals surface area (Å²) in [6.45, 7) is 2.29. The predicted octanol–water partition coefficient (Wildman–Crippen LogP) is 2.97. The number of hydrogen-bond acceptors (Lipinski definition) is 4. The molecule has 7 heteroatoms. The summed E-state index contributed by atoms with van der Waals surface area (Å²) in [5.74, 6) is 0.0361. The number of halogens is 1. The summed E-state index contributed by atoms with van der Waals surface area (Å²) in [5.41, 5.74) is 4.99. The van der Waals surface area contributed by atoms with Gasteiger partial charge in [0.15, 0.2) is 6.61 Å². The molecule has 0 aliphatic rings. The van der Waals surface area contributed by atoms with Crippen LogP contribution in [-0.4, -0.2) is 25.0 Å². The van der Waals surface area contributed by atoms with Crippen molar-refractivity contribution in [1.29, 1.82) is 0 Å². The van der Waals surface area contributed by atoms with Crippen LogP contribution in [-0.2, 0) is 4.79 Å². The van der Waals surface area contributed by atoms with Crippen LogP contribution in [0.4, 0.5) is 0 Å². The van der Waals surface area contributed by atoms with E-state index in [4.69, 9.17) is 21.1 Å². The second-order valence-corrected chi connectivity index (χ2v) is 5.50. The smallest absolute Gasteiger partial charge is 0.276 e. The zero-order chi connectivity index (χ0) is 18.1. The number of benzene rings is 2. The molecule has 0 fully saturated rings. The van der Waals surface area contributed by atoms with E-state index in [2.05, 4.69) is 10.9 Å². The Hall–Kier alpha value is -2.73. The van der Waals surface area contributed by atoms with Crippen LogP contribution in [0.5, 0.6) is 11.5 Å². The van der Waals surface area contributed by atoms with Gasteiger partial charge in [-0.15, -0.1) is 0 Å². The molecule has 132 valence electrons. The van der Waals surface area contributed by atoms with Gasteiger partial charge in [-0.2, -0.15) is 0 Å². The average molecular weight is 363 g/mol. The van der Waals surface area contributed by atoms with Gasteiger partial charge in [-0.3, -0.25) is 20.4 Å².